The van der Waals surface area contributed by atoms with Crippen LogP contribution in [0.15, 0.2) is 41.5 Å². The number of hydrogen-bond acceptors (Lipinski definition) is 4. The molecular weight excluding hydrogens is 320 g/mol. The van der Waals surface area contributed by atoms with Crippen LogP contribution in [0.25, 0.3) is 10.8 Å². The number of fused-ring (bicyclic) bond motifs is 1. The van der Waals surface area contributed by atoms with E-state index in [2.05, 4.69) is 40.4 Å². The Morgan fingerprint density at radius 1 is 1.25 bits per heavy atom. The van der Waals surface area contributed by atoms with E-state index in [1.165, 1.54) is 0 Å². The second-order valence-electron chi connectivity index (χ2n) is 5.40. The number of aromatic amines is 1. The molecule has 0 aliphatic carbocycles. The van der Waals surface area contributed by atoms with Crippen molar-refractivity contribution in [3.8, 4) is 5.75 Å². The number of nitrogens with one attached hydrogen (secondary N) is 1. The number of hydrogen-bond donors (Lipinski definition) is 1. The molecule has 6 heteroatoms. The van der Waals surface area contributed by atoms with Crippen LogP contribution < -0.4 is 4.74 Å². The molecule has 3 rings (SSSR count). The molecule has 0 saturated heterocycles. The summed E-state index contributed by atoms with van der Waals surface area (Å²) in [5.41, 5.74) is 0.951. The molecule has 0 atom stereocenters. The Balaban J connectivity index is 2.10. The molecular formula is C18H20N4OS. The summed E-state index contributed by atoms with van der Waals surface area (Å²) in [6, 6.07) is 12.3. The number of aryl methyl sites for hydroxylation is 1. The maximum atomic E-state index is 5.90. The number of nitrogens with zero attached hydrogens (tertiary/aromatic N) is 3. The van der Waals surface area contributed by atoms with Crippen molar-refractivity contribution in [3.63, 3.8) is 0 Å². The number of benzene rings is 2. The fourth-order valence-electron chi connectivity index (χ4n) is 2.53. The summed E-state index contributed by atoms with van der Waals surface area (Å²) in [7, 11) is 0. The van der Waals surface area contributed by atoms with Gasteiger partial charge in [-0.1, -0.05) is 44.2 Å². The molecule has 0 saturated carbocycles. The Kier molecular flexibility index (Phi) is 5.05. The van der Waals surface area contributed by atoms with Gasteiger partial charge in [0.2, 0.25) is 4.77 Å². The van der Waals surface area contributed by atoms with E-state index in [4.69, 9.17) is 17.0 Å². The van der Waals surface area contributed by atoms with Gasteiger partial charge in [0.1, 0.15) is 5.75 Å². The molecule has 0 aliphatic heterocycles. The van der Waals surface area contributed by atoms with E-state index in [0.717, 1.165) is 40.8 Å². The van der Waals surface area contributed by atoms with Crippen LogP contribution >= 0.6 is 12.2 Å². The Bertz CT molecular complexity index is 926. The van der Waals surface area contributed by atoms with Gasteiger partial charge >= 0.3 is 0 Å². The van der Waals surface area contributed by atoms with Gasteiger partial charge in [0, 0.05) is 12.0 Å². The summed E-state index contributed by atoms with van der Waals surface area (Å²) in [5.74, 6) is 1.62. The molecule has 0 spiro atoms. The average Bonchev–Trinajstić information content (AvgIpc) is 2.98. The molecule has 0 amide bonds. The van der Waals surface area contributed by atoms with Crippen LogP contribution in [0.3, 0.4) is 0 Å². The molecule has 3 aromatic rings. The van der Waals surface area contributed by atoms with Gasteiger partial charge in [-0.25, -0.2) is 0 Å². The van der Waals surface area contributed by atoms with E-state index >= 15 is 0 Å². The SMILES string of the molecule is CCCOc1ccc2ccccc2c1/C=N\n1c(CC)n[nH]c1=S. The fraction of sp³-hybridized carbons (Fsp3) is 0.278. The second-order valence-corrected chi connectivity index (χ2v) is 5.79. The molecule has 0 aliphatic rings. The molecule has 124 valence electrons. The van der Waals surface area contributed by atoms with Gasteiger partial charge in [-0.3, -0.25) is 5.10 Å². The molecule has 5 nitrogen and oxygen atoms in total. The standard InChI is InChI=1S/C18H20N4OS/c1-3-11-23-16-10-9-13-7-5-6-8-14(13)15(16)12-19-22-17(4-2)20-21-18(22)24/h5-10,12H,3-4,11H2,1-2H3,(H,21,24)/b19-12-. The fourth-order valence-corrected chi connectivity index (χ4v) is 2.73. The van der Waals surface area contributed by atoms with E-state index < -0.39 is 0 Å². The van der Waals surface area contributed by atoms with E-state index in [-0.39, 0.29) is 0 Å². The van der Waals surface area contributed by atoms with Crippen LogP contribution in [0.2, 0.25) is 0 Å². The van der Waals surface area contributed by atoms with Crippen molar-refractivity contribution in [2.75, 3.05) is 6.61 Å². The van der Waals surface area contributed by atoms with Crippen LogP contribution in [-0.4, -0.2) is 27.7 Å². The summed E-state index contributed by atoms with van der Waals surface area (Å²) in [6.07, 6.45) is 3.51. The third-order valence-electron chi connectivity index (χ3n) is 3.73. The monoisotopic (exact) mass is 340 g/mol. The first-order valence-corrected chi connectivity index (χ1v) is 8.50. The van der Waals surface area contributed by atoms with Crippen LogP contribution in [0.5, 0.6) is 5.75 Å². The Hall–Kier alpha value is -2.47. The van der Waals surface area contributed by atoms with Crippen molar-refractivity contribution < 1.29 is 4.74 Å². The van der Waals surface area contributed by atoms with Gasteiger partial charge < -0.3 is 4.74 Å². The van der Waals surface area contributed by atoms with Gasteiger partial charge in [0.05, 0.1) is 12.8 Å². The Labute approximate surface area is 146 Å². The van der Waals surface area contributed by atoms with Crippen molar-refractivity contribution in [1.82, 2.24) is 14.9 Å². The van der Waals surface area contributed by atoms with Crippen molar-refractivity contribution in [2.45, 2.75) is 26.7 Å². The van der Waals surface area contributed by atoms with Gasteiger partial charge in [-0.15, -0.1) is 0 Å². The molecule has 2 aromatic carbocycles. The highest BCUT2D eigenvalue weighted by molar-refractivity contribution is 7.71. The topological polar surface area (TPSA) is 55.2 Å². The highest BCUT2D eigenvalue weighted by Crippen LogP contribution is 2.27. The average molecular weight is 340 g/mol. The highest BCUT2D eigenvalue weighted by atomic mass is 32.1. The highest BCUT2D eigenvalue weighted by Gasteiger charge is 2.08. The Morgan fingerprint density at radius 2 is 2.08 bits per heavy atom. The second kappa shape index (κ2) is 7.40. The van der Waals surface area contributed by atoms with Crippen LogP contribution in [0.4, 0.5) is 0 Å². The summed E-state index contributed by atoms with van der Waals surface area (Å²) >= 11 is 5.25. The lowest BCUT2D eigenvalue weighted by molar-refractivity contribution is 0.317. The zero-order chi connectivity index (χ0) is 16.9. The van der Waals surface area contributed by atoms with Gasteiger partial charge in [0.25, 0.3) is 0 Å². The van der Waals surface area contributed by atoms with Crippen molar-refractivity contribution >= 4 is 29.2 Å². The maximum Gasteiger partial charge on any atom is 0.216 e. The first-order chi connectivity index (χ1) is 11.7. The van der Waals surface area contributed by atoms with Gasteiger partial charge in [-0.2, -0.15) is 14.9 Å². The molecule has 0 fully saturated rings. The molecule has 0 radical (unpaired) electrons. The van der Waals surface area contributed by atoms with Crippen molar-refractivity contribution in [1.29, 1.82) is 0 Å². The van der Waals surface area contributed by atoms with Crippen molar-refractivity contribution in [3.05, 3.63) is 52.6 Å². The lowest BCUT2D eigenvalue weighted by Gasteiger charge is -2.11. The molecule has 24 heavy (non-hydrogen) atoms. The summed E-state index contributed by atoms with van der Waals surface area (Å²) < 4.78 is 8.04. The summed E-state index contributed by atoms with van der Waals surface area (Å²) in [5, 5.41) is 13.7. The van der Waals surface area contributed by atoms with E-state index in [1.807, 2.05) is 25.1 Å². The van der Waals surface area contributed by atoms with E-state index in [9.17, 15) is 0 Å². The third-order valence-corrected chi connectivity index (χ3v) is 3.99. The maximum absolute atomic E-state index is 5.90. The number of H-pyrrole nitrogens is 1. The zero-order valence-corrected chi connectivity index (χ0v) is 14.6. The normalized spacial score (nSPS) is 11.4. The van der Waals surface area contributed by atoms with E-state index in [0.29, 0.717) is 11.4 Å². The molecule has 0 unspecified atom stereocenters. The van der Waals surface area contributed by atoms with Crippen LogP contribution in [0, 0.1) is 4.77 Å². The summed E-state index contributed by atoms with van der Waals surface area (Å²) in [4.78, 5) is 0. The Morgan fingerprint density at radius 3 is 2.88 bits per heavy atom. The van der Waals surface area contributed by atoms with Crippen molar-refractivity contribution in [2.24, 2.45) is 5.10 Å². The summed E-state index contributed by atoms with van der Waals surface area (Å²) in [6.45, 7) is 4.78. The quantitative estimate of drug-likeness (QED) is 0.537. The first-order valence-electron chi connectivity index (χ1n) is 8.09. The first kappa shape index (κ1) is 16.4. The predicted molar refractivity (Wildman–Crippen MR) is 99.5 cm³/mol. The van der Waals surface area contributed by atoms with Gasteiger partial charge in [-0.05, 0) is 35.5 Å². The molecule has 0 bridgehead atoms. The smallest absolute Gasteiger partial charge is 0.216 e. The van der Waals surface area contributed by atoms with Crippen LogP contribution in [0.1, 0.15) is 31.7 Å². The minimum Gasteiger partial charge on any atom is -0.493 e. The predicted octanol–water partition coefficient (Wildman–Crippen LogP) is 4.33. The lowest BCUT2D eigenvalue weighted by Crippen LogP contribution is -2.01. The number of aromatic nitrogens is 3. The molecule has 1 N–H and O–H groups in total. The lowest BCUT2D eigenvalue weighted by atomic mass is 10.0. The zero-order valence-electron chi connectivity index (χ0n) is 13.8. The van der Waals surface area contributed by atoms with Crippen LogP contribution in [-0.2, 0) is 6.42 Å². The molecule has 1 aromatic heterocycles. The number of rotatable bonds is 6. The minimum absolute atomic E-state index is 0.486. The van der Waals surface area contributed by atoms with E-state index in [1.54, 1.807) is 10.9 Å². The van der Waals surface area contributed by atoms with Gasteiger partial charge in [0.15, 0.2) is 5.82 Å². The number of ether oxygens (including phenoxy) is 1. The largest absolute Gasteiger partial charge is 0.493 e. The molecule has 1 heterocycles. The third kappa shape index (κ3) is 3.23. The minimum atomic E-state index is 0.486.